The fourth-order valence-corrected chi connectivity index (χ4v) is 3.99. The maximum atomic E-state index is 12.7. The maximum Gasteiger partial charge on any atom is 0.277 e. The summed E-state index contributed by atoms with van der Waals surface area (Å²) < 4.78 is 15.9. The Kier molecular flexibility index (Phi) is 5.45. The van der Waals surface area contributed by atoms with Crippen LogP contribution >= 0.6 is 11.3 Å². The molecule has 0 radical (unpaired) electrons. The van der Waals surface area contributed by atoms with Gasteiger partial charge in [-0.05, 0) is 61.5 Å². The number of amides is 1. The Bertz CT molecular complexity index is 1420. The van der Waals surface area contributed by atoms with Crippen molar-refractivity contribution in [3.8, 4) is 39.2 Å². The van der Waals surface area contributed by atoms with Crippen molar-refractivity contribution in [3.05, 3.63) is 77.3 Å². The third-order valence-corrected chi connectivity index (χ3v) is 5.87. The lowest BCUT2D eigenvalue weighted by molar-refractivity contribution is 0.101. The zero-order chi connectivity index (χ0) is 22.8. The molecule has 0 spiro atoms. The van der Waals surface area contributed by atoms with E-state index in [9.17, 15) is 4.79 Å². The van der Waals surface area contributed by atoms with Crippen molar-refractivity contribution in [2.24, 2.45) is 0 Å². The van der Waals surface area contributed by atoms with Gasteiger partial charge in [-0.25, -0.2) is 0 Å². The number of hydrogen-bond donors (Lipinski definition) is 1. The minimum Gasteiger partial charge on any atom is -0.497 e. The Morgan fingerprint density at radius 3 is 2.58 bits per heavy atom. The van der Waals surface area contributed by atoms with Gasteiger partial charge in [-0.15, -0.1) is 11.3 Å². The summed E-state index contributed by atoms with van der Waals surface area (Å²) in [6.07, 6.45) is 0. The Morgan fingerprint density at radius 1 is 0.970 bits per heavy atom. The molecule has 5 aromatic rings. The van der Waals surface area contributed by atoms with Gasteiger partial charge in [0.05, 0.1) is 12.0 Å². The Morgan fingerprint density at radius 2 is 1.82 bits per heavy atom. The van der Waals surface area contributed by atoms with Crippen molar-refractivity contribution in [3.63, 3.8) is 0 Å². The summed E-state index contributed by atoms with van der Waals surface area (Å²) in [6, 6.07) is 20.0. The van der Waals surface area contributed by atoms with Gasteiger partial charge in [0.2, 0.25) is 5.82 Å². The molecule has 164 valence electrons. The normalized spacial score (nSPS) is 10.8. The molecule has 33 heavy (non-hydrogen) atoms. The highest BCUT2D eigenvalue weighted by atomic mass is 32.1. The predicted molar refractivity (Wildman–Crippen MR) is 124 cm³/mol. The lowest BCUT2D eigenvalue weighted by Gasteiger charge is -2.03. The average Bonchev–Trinajstić information content (AvgIpc) is 3.60. The summed E-state index contributed by atoms with van der Waals surface area (Å²) in [5.74, 6) is 1.73. The monoisotopic (exact) mass is 458 g/mol. The number of nitrogens with one attached hydrogen (secondary N) is 1. The van der Waals surface area contributed by atoms with Crippen LogP contribution in [-0.4, -0.2) is 28.3 Å². The molecule has 0 unspecified atom stereocenters. The van der Waals surface area contributed by atoms with Gasteiger partial charge >= 0.3 is 0 Å². The van der Waals surface area contributed by atoms with Gasteiger partial charge in [0, 0.05) is 27.8 Å². The van der Waals surface area contributed by atoms with Crippen molar-refractivity contribution < 1.29 is 18.6 Å². The second-order valence-corrected chi connectivity index (χ2v) is 8.46. The standard InChI is InChI=1S/C24H18N4O4S/c1-14-6-11-21(33-14)22-26-24(32-28-22)16-4-3-5-17(12-16)25-23(29)19-13-20(31-27-19)15-7-9-18(30-2)10-8-15/h3-13H,1-2H3,(H,25,29). The number of aromatic nitrogens is 3. The number of thiophene rings is 1. The number of hydrogen-bond acceptors (Lipinski definition) is 8. The number of carbonyl (C=O) groups excluding carboxylic acids is 1. The summed E-state index contributed by atoms with van der Waals surface area (Å²) in [6.45, 7) is 2.02. The highest BCUT2D eigenvalue weighted by molar-refractivity contribution is 7.15. The summed E-state index contributed by atoms with van der Waals surface area (Å²) in [5.41, 5.74) is 2.22. The number of rotatable bonds is 6. The van der Waals surface area contributed by atoms with E-state index in [0.29, 0.717) is 28.7 Å². The molecular formula is C24H18N4O4S. The zero-order valence-corrected chi connectivity index (χ0v) is 18.6. The van der Waals surface area contributed by atoms with E-state index in [1.54, 1.807) is 42.7 Å². The van der Waals surface area contributed by atoms with E-state index in [0.717, 1.165) is 16.2 Å². The summed E-state index contributed by atoms with van der Waals surface area (Å²) >= 11 is 1.60. The van der Waals surface area contributed by atoms with Crippen LogP contribution in [0.3, 0.4) is 0 Å². The molecule has 0 saturated carbocycles. The van der Waals surface area contributed by atoms with Crippen molar-refractivity contribution in [1.29, 1.82) is 0 Å². The minimum atomic E-state index is -0.393. The number of benzene rings is 2. The summed E-state index contributed by atoms with van der Waals surface area (Å²) in [7, 11) is 1.60. The molecule has 2 aromatic carbocycles. The van der Waals surface area contributed by atoms with Crippen LogP contribution in [0.4, 0.5) is 5.69 Å². The molecule has 0 aliphatic heterocycles. The highest BCUT2D eigenvalue weighted by Gasteiger charge is 2.16. The Hall–Kier alpha value is -4.24. The SMILES string of the molecule is COc1ccc(-c2cc(C(=O)Nc3cccc(-c4nc(-c5ccc(C)s5)no4)c3)no2)cc1. The van der Waals surface area contributed by atoms with Crippen molar-refractivity contribution in [2.75, 3.05) is 12.4 Å². The Balaban J connectivity index is 1.31. The second kappa shape index (κ2) is 8.71. The third kappa shape index (κ3) is 4.39. The molecule has 0 aliphatic rings. The lowest BCUT2D eigenvalue weighted by Crippen LogP contribution is -2.12. The van der Waals surface area contributed by atoms with Gasteiger partial charge in [-0.3, -0.25) is 4.79 Å². The first kappa shape index (κ1) is 20.7. The molecule has 0 fully saturated rings. The highest BCUT2D eigenvalue weighted by Crippen LogP contribution is 2.29. The summed E-state index contributed by atoms with van der Waals surface area (Å²) in [4.78, 5) is 19.3. The van der Waals surface area contributed by atoms with Gasteiger partial charge in [-0.2, -0.15) is 4.98 Å². The first-order valence-electron chi connectivity index (χ1n) is 10.0. The molecular weight excluding hydrogens is 440 g/mol. The van der Waals surface area contributed by atoms with Crippen LogP contribution in [-0.2, 0) is 0 Å². The van der Waals surface area contributed by atoms with E-state index < -0.39 is 5.91 Å². The van der Waals surface area contributed by atoms with Gasteiger partial charge in [0.25, 0.3) is 11.8 Å². The molecule has 0 saturated heterocycles. The van der Waals surface area contributed by atoms with Gasteiger partial charge in [0.1, 0.15) is 5.75 Å². The van der Waals surface area contributed by atoms with Crippen LogP contribution in [0.15, 0.2) is 75.8 Å². The van der Waals surface area contributed by atoms with E-state index >= 15 is 0 Å². The second-order valence-electron chi connectivity index (χ2n) is 7.17. The topological polar surface area (TPSA) is 103 Å². The third-order valence-electron chi connectivity index (χ3n) is 4.87. The average molecular weight is 458 g/mol. The minimum absolute atomic E-state index is 0.166. The van der Waals surface area contributed by atoms with Crippen molar-refractivity contribution >= 4 is 22.9 Å². The predicted octanol–water partition coefficient (Wildman–Crippen LogP) is 5.69. The molecule has 0 atom stereocenters. The summed E-state index contributed by atoms with van der Waals surface area (Å²) in [5, 5.41) is 10.8. The fourth-order valence-electron chi connectivity index (χ4n) is 3.19. The van der Waals surface area contributed by atoms with Crippen LogP contribution in [0.5, 0.6) is 5.75 Å². The molecule has 3 heterocycles. The van der Waals surface area contributed by atoms with Crippen LogP contribution in [0.1, 0.15) is 15.4 Å². The molecule has 3 aromatic heterocycles. The van der Waals surface area contributed by atoms with Crippen LogP contribution in [0.2, 0.25) is 0 Å². The smallest absolute Gasteiger partial charge is 0.277 e. The lowest BCUT2D eigenvalue weighted by atomic mass is 10.1. The molecule has 1 amide bonds. The first-order chi connectivity index (χ1) is 16.1. The van der Waals surface area contributed by atoms with Gasteiger partial charge < -0.3 is 19.1 Å². The van der Waals surface area contributed by atoms with E-state index in [1.165, 1.54) is 4.88 Å². The molecule has 8 nitrogen and oxygen atoms in total. The van der Waals surface area contributed by atoms with Crippen LogP contribution in [0, 0.1) is 6.92 Å². The van der Waals surface area contributed by atoms with E-state index in [-0.39, 0.29) is 5.69 Å². The van der Waals surface area contributed by atoms with Crippen LogP contribution < -0.4 is 10.1 Å². The number of methoxy groups -OCH3 is 1. The van der Waals surface area contributed by atoms with Crippen molar-refractivity contribution in [2.45, 2.75) is 6.92 Å². The van der Waals surface area contributed by atoms with E-state index in [4.69, 9.17) is 13.8 Å². The van der Waals surface area contributed by atoms with E-state index in [1.807, 2.05) is 49.4 Å². The molecule has 9 heteroatoms. The zero-order valence-electron chi connectivity index (χ0n) is 17.7. The number of ether oxygens (including phenoxy) is 1. The molecule has 0 bridgehead atoms. The molecule has 0 aliphatic carbocycles. The van der Waals surface area contributed by atoms with Gasteiger partial charge in [0.15, 0.2) is 11.5 Å². The molecule has 1 N–H and O–H groups in total. The molecule has 5 rings (SSSR count). The fraction of sp³-hybridized carbons (Fsp3) is 0.0833. The number of carbonyl (C=O) groups is 1. The first-order valence-corrected chi connectivity index (χ1v) is 10.8. The maximum absolute atomic E-state index is 12.7. The Labute approximate surface area is 192 Å². The largest absolute Gasteiger partial charge is 0.497 e. The van der Waals surface area contributed by atoms with E-state index in [2.05, 4.69) is 20.6 Å². The number of nitrogens with zero attached hydrogens (tertiary/aromatic N) is 3. The number of anilines is 1. The number of aryl methyl sites for hydroxylation is 1. The van der Waals surface area contributed by atoms with Gasteiger partial charge in [-0.1, -0.05) is 16.4 Å². The van der Waals surface area contributed by atoms with Crippen molar-refractivity contribution in [1.82, 2.24) is 15.3 Å². The van der Waals surface area contributed by atoms with Crippen LogP contribution in [0.25, 0.3) is 33.5 Å². The quantitative estimate of drug-likeness (QED) is 0.349.